The largest absolute Gasteiger partial charge is 0.342 e. The molecule has 0 saturated carbocycles. The van der Waals surface area contributed by atoms with Crippen LogP contribution in [0.25, 0.3) is 0 Å². The van der Waals surface area contributed by atoms with Crippen molar-refractivity contribution in [1.82, 2.24) is 19.7 Å². The van der Waals surface area contributed by atoms with Gasteiger partial charge in [0.1, 0.15) is 0 Å². The molecule has 1 aromatic rings. The molecule has 1 amide bonds. The molecule has 0 atom stereocenters. The van der Waals surface area contributed by atoms with Crippen LogP contribution in [0, 0.1) is 0 Å². The van der Waals surface area contributed by atoms with Gasteiger partial charge in [-0.25, -0.2) is 0 Å². The molecule has 0 radical (unpaired) electrons. The molecule has 126 valence electrons. The van der Waals surface area contributed by atoms with Crippen LogP contribution in [-0.2, 0) is 11.3 Å². The van der Waals surface area contributed by atoms with Gasteiger partial charge in [-0.15, -0.1) is 0 Å². The fraction of sp³-hybridized carbons (Fsp3) is 0.667. The Hall–Kier alpha value is -1.46. The third-order valence-corrected chi connectivity index (χ3v) is 4.94. The first-order valence-corrected chi connectivity index (χ1v) is 8.93. The average Bonchev–Trinajstić information content (AvgIpc) is 2.87. The molecule has 0 aromatic carbocycles. The summed E-state index contributed by atoms with van der Waals surface area (Å²) in [7, 11) is 0. The second-order valence-corrected chi connectivity index (χ2v) is 6.70. The molecule has 5 nitrogen and oxygen atoms in total. The van der Waals surface area contributed by atoms with Crippen LogP contribution in [0.1, 0.15) is 31.2 Å². The van der Waals surface area contributed by atoms with Crippen molar-refractivity contribution >= 4 is 5.91 Å². The first-order valence-electron chi connectivity index (χ1n) is 8.93. The summed E-state index contributed by atoms with van der Waals surface area (Å²) >= 11 is 0. The summed E-state index contributed by atoms with van der Waals surface area (Å²) in [5.41, 5.74) is 1.31. The van der Waals surface area contributed by atoms with Crippen LogP contribution in [0.3, 0.4) is 0 Å². The highest BCUT2D eigenvalue weighted by atomic mass is 16.2. The van der Waals surface area contributed by atoms with Gasteiger partial charge in [0.15, 0.2) is 0 Å². The van der Waals surface area contributed by atoms with E-state index >= 15 is 0 Å². The number of amides is 1. The summed E-state index contributed by atoms with van der Waals surface area (Å²) in [5.74, 6) is 0.328. The lowest BCUT2D eigenvalue weighted by Crippen LogP contribution is -2.49. The van der Waals surface area contributed by atoms with Crippen LogP contribution in [0.15, 0.2) is 24.5 Å². The quantitative estimate of drug-likeness (QED) is 0.846. The van der Waals surface area contributed by atoms with Crippen molar-refractivity contribution in [3.05, 3.63) is 30.1 Å². The van der Waals surface area contributed by atoms with Crippen molar-refractivity contribution in [2.45, 2.75) is 32.2 Å². The first-order chi connectivity index (χ1) is 11.3. The zero-order valence-corrected chi connectivity index (χ0v) is 14.0. The molecule has 1 aromatic heterocycles. The van der Waals surface area contributed by atoms with Crippen molar-refractivity contribution in [2.24, 2.45) is 0 Å². The highest BCUT2D eigenvalue weighted by Crippen LogP contribution is 2.11. The molecular weight excluding hydrogens is 288 g/mol. The number of aromatic nitrogens is 1. The van der Waals surface area contributed by atoms with E-state index in [1.54, 1.807) is 0 Å². The Morgan fingerprint density at radius 2 is 1.48 bits per heavy atom. The Bertz CT molecular complexity index is 477. The van der Waals surface area contributed by atoms with Gasteiger partial charge in [-0.3, -0.25) is 19.6 Å². The number of nitrogens with zero attached hydrogens (tertiary/aromatic N) is 4. The van der Waals surface area contributed by atoms with E-state index in [0.717, 1.165) is 45.8 Å². The molecule has 3 heterocycles. The minimum absolute atomic E-state index is 0.328. The summed E-state index contributed by atoms with van der Waals surface area (Å²) < 4.78 is 0. The minimum Gasteiger partial charge on any atom is -0.342 e. The molecule has 2 aliphatic heterocycles. The molecule has 0 spiro atoms. The number of hydrogen-bond acceptors (Lipinski definition) is 4. The number of rotatable bonds is 4. The summed E-state index contributed by atoms with van der Waals surface area (Å²) in [6, 6.07) is 4.16. The van der Waals surface area contributed by atoms with E-state index in [1.807, 2.05) is 12.4 Å². The van der Waals surface area contributed by atoms with Gasteiger partial charge in [0.05, 0.1) is 6.54 Å². The van der Waals surface area contributed by atoms with Gasteiger partial charge >= 0.3 is 0 Å². The Balaban J connectivity index is 1.41. The number of pyridine rings is 1. The first kappa shape index (κ1) is 16.4. The lowest BCUT2D eigenvalue weighted by Gasteiger charge is -2.35. The maximum absolute atomic E-state index is 12.5. The SMILES string of the molecule is O=C(CN1CCN(Cc2ccncc2)CC1)N1CCCCCC1. The van der Waals surface area contributed by atoms with Crippen molar-refractivity contribution in [3.63, 3.8) is 0 Å². The molecule has 23 heavy (non-hydrogen) atoms. The van der Waals surface area contributed by atoms with Gasteiger partial charge in [-0.1, -0.05) is 12.8 Å². The predicted octanol–water partition coefficient (Wildman–Crippen LogP) is 1.60. The molecule has 3 rings (SSSR count). The summed E-state index contributed by atoms with van der Waals surface area (Å²) in [6.45, 7) is 7.56. The molecule has 5 heteroatoms. The van der Waals surface area contributed by atoms with Gasteiger partial charge in [0.2, 0.25) is 5.91 Å². The van der Waals surface area contributed by atoms with Gasteiger partial charge < -0.3 is 4.90 Å². The molecule has 2 aliphatic rings. The number of hydrogen-bond donors (Lipinski definition) is 0. The molecule has 0 bridgehead atoms. The van der Waals surface area contributed by atoms with E-state index in [9.17, 15) is 4.79 Å². The lowest BCUT2D eigenvalue weighted by atomic mass is 10.2. The van der Waals surface area contributed by atoms with Crippen LogP contribution in [-0.4, -0.2) is 71.4 Å². The van der Waals surface area contributed by atoms with E-state index in [2.05, 4.69) is 31.8 Å². The summed E-state index contributed by atoms with van der Waals surface area (Å²) in [5, 5.41) is 0. The lowest BCUT2D eigenvalue weighted by molar-refractivity contribution is -0.132. The minimum atomic E-state index is 0.328. The van der Waals surface area contributed by atoms with Crippen molar-refractivity contribution in [2.75, 3.05) is 45.8 Å². The van der Waals surface area contributed by atoms with Crippen LogP contribution >= 0.6 is 0 Å². The normalized spacial score (nSPS) is 21.1. The van der Waals surface area contributed by atoms with Crippen molar-refractivity contribution in [3.8, 4) is 0 Å². The molecule has 0 aliphatic carbocycles. The van der Waals surface area contributed by atoms with Crippen LogP contribution < -0.4 is 0 Å². The van der Waals surface area contributed by atoms with E-state index in [4.69, 9.17) is 0 Å². The van der Waals surface area contributed by atoms with E-state index in [0.29, 0.717) is 12.5 Å². The summed E-state index contributed by atoms with van der Waals surface area (Å²) in [4.78, 5) is 23.4. The monoisotopic (exact) mass is 316 g/mol. The molecule has 2 fully saturated rings. The van der Waals surface area contributed by atoms with E-state index in [1.165, 1.54) is 31.2 Å². The van der Waals surface area contributed by atoms with E-state index in [-0.39, 0.29) is 0 Å². The number of likely N-dealkylation sites (tertiary alicyclic amines) is 1. The van der Waals surface area contributed by atoms with Crippen molar-refractivity contribution < 1.29 is 4.79 Å². The van der Waals surface area contributed by atoms with Gasteiger partial charge in [0, 0.05) is 58.2 Å². The molecule has 0 N–H and O–H groups in total. The Labute approximate surface area is 139 Å². The maximum atomic E-state index is 12.5. The average molecular weight is 316 g/mol. The van der Waals surface area contributed by atoms with Gasteiger partial charge in [-0.2, -0.15) is 0 Å². The molecule has 0 unspecified atom stereocenters. The Morgan fingerprint density at radius 1 is 0.870 bits per heavy atom. The third kappa shape index (κ3) is 5.01. The Kier molecular flexibility index (Phi) is 6.00. The van der Waals surface area contributed by atoms with Crippen LogP contribution in [0.5, 0.6) is 0 Å². The number of carbonyl (C=O) groups excluding carboxylic acids is 1. The highest BCUT2D eigenvalue weighted by Gasteiger charge is 2.22. The van der Waals surface area contributed by atoms with Gasteiger partial charge in [-0.05, 0) is 30.5 Å². The van der Waals surface area contributed by atoms with Crippen LogP contribution in [0.4, 0.5) is 0 Å². The summed E-state index contributed by atoms with van der Waals surface area (Å²) in [6.07, 6.45) is 8.60. The number of piperazine rings is 1. The second-order valence-electron chi connectivity index (χ2n) is 6.70. The van der Waals surface area contributed by atoms with Gasteiger partial charge in [0.25, 0.3) is 0 Å². The second kappa shape index (κ2) is 8.41. The third-order valence-electron chi connectivity index (χ3n) is 4.94. The smallest absolute Gasteiger partial charge is 0.236 e. The fourth-order valence-electron chi connectivity index (χ4n) is 3.46. The maximum Gasteiger partial charge on any atom is 0.236 e. The van der Waals surface area contributed by atoms with Crippen molar-refractivity contribution in [1.29, 1.82) is 0 Å². The van der Waals surface area contributed by atoms with Crippen LogP contribution in [0.2, 0.25) is 0 Å². The highest BCUT2D eigenvalue weighted by molar-refractivity contribution is 5.78. The fourth-order valence-corrected chi connectivity index (χ4v) is 3.46. The Morgan fingerprint density at radius 3 is 2.13 bits per heavy atom. The number of carbonyl (C=O) groups is 1. The standard InChI is InChI=1S/C18H28N4O/c23-18(22-9-3-1-2-4-10-22)16-21-13-11-20(12-14-21)15-17-5-7-19-8-6-17/h5-8H,1-4,9-16H2. The predicted molar refractivity (Wildman–Crippen MR) is 91.0 cm³/mol. The molecular formula is C18H28N4O. The topological polar surface area (TPSA) is 39.7 Å². The molecule has 2 saturated heterocycles. The van der Waals surface area contributed by atoms with E-state index < -0.39 is 0 Å². The zero-order valence-electron chi connectivity index (χ0n) is 14.0. The zero-order chi connectivity index (χ0) is 15.9.